The minimum absolute atomic E-state index is 0.156. The highest BCUT2D eigenvalue weighted by Gasteiger charge is 2.30. The second-order valence-corrected chi connectivity index (χ2v) is 7.79. The van der Waals surface area contributed by atoms with Crippen LogP contribution in [-0.2, 0) is 23.9 Å². The van der Waals surface area contributed by atoms with Gasteiger partial charge >= 0.3 is 6.18 Å². The van der Waals surface area contributed by atoms with Gasteiger partial charge in [-0.05, 0) is 59.0 Å². The van der Waals surface area contributed by atoms with E-state index in [4.69, 9.17) is 11.6 Å². The number of amides is 1. The van der Waals surface area contributed by atoms with Crippen LogP contribution in [0.3, 0.4) is 0 Å². The third kappa shape index (κ3) is 4.70. The Labute approximate surface area is 189 Å². The van der Waals surface area contributed by atoms with E-state index in [-0.39, 0.29) is 11.6 Å². The van der Waals surface area contributed by atoms with E-state index in [1.54, 1.807) is 17.0 Å². The number of para-hydroxylation sites is 1. The number of anilines is 1. The van der Waals surface area contributed by atoms with Crippen LogP contribution in [0.25, 0.3) is 11.1 Å². The summed E-state index contributed by atoms with van der Waals surface area (Å²) in [5.41, 5.74) is 9.34. The molecule has 1 amide bonds. The number of nitrogens with zero attached hydrogens (tertiary/aromatic N) is 2. The first-order chi connectivity index (χ1) is 15.8. The Kier molecular flexibility index (Phi) is 6.11. The van der Waals surface area contributed by atoms with Crippen molar-refractivity contribution in [1.29, 1.82) is 0 Å². The van der Waals surface area contributed by atoms with E-state index in [0.717, 1.165) is 28.8 Å². The molecule has 0 saturated carbocycles. The van der Waals surface area contributed by atoms with Crippen LogP contribution in [0.15, 0.2) is 84.7 Å². The molecule has 8 heteroatoms. The molecule has 0 spiro atoms. The van der Waals surface area contributed by atoms with Gasteiger partial charge in [0.25, 0.3) is 5.91 Å². The Morgan fingerprint density at radius 1 is 0.939 bits per heavy atom. The molecule has 5 nitrogen and oxygen atoms in total. The van der Waals surface area contributed by atoms with E-state index in [2.05, 4.69) is 0 Å². The fourth-order valence-electron chi connectivity index (χ4n) is 3.91. The van der Waals surface area contributed by atoms with Crippen molar-refractivity contribution in [2.24, 2.45) is 11.6 Å². The Balaban J connectivity index is 1.55. The van der Waals surface area contributed by atoms with E-state index >= 15 is 0 Å². The minimum Gasteiger partial charge on any atom is -0.403 e. The highest BCUT2D eigenvalue weighted by Crippen LogP contribution is 2.32. The molecule has 0 fully saturated rings. The summed E-state index contributed by atoms with van der Waals surface area (Å²) in [6.45, 7) is 0.855. The van der Waals surface area contributed by atoms with Crippen LogP contribution in [0.2, 0.25) is 0 Å². The summed E-state index contributed by atoms with van der Waals surface area (Å²) < 4.78 is 38.6. The van der Waals surface area contributed by atoms with Crippen molar-refractivity contribution < 1.29 is 18.0 Å². The summed E-state index contributed by atoms with van der Waals surface area (Å²) in [6, 6.07) is 19.9. The van der Waals surface area contributed by atoms with Gasteiger partial charge in [0.05, 0.1) is 11.3 Å². The standard InChI is InChI=1S/C25H23F3N4O/c26-25(27,28)21-10-8-17(9-11-21)19-7-6-18-12-13-31(16-20(18)14-19)24(33)23(15-29)32(30)22-4-2-1-3-5-22/h1-11,14-15H,12-13,16,29-30H2/b23-15-. The molecule has 0 bridgehead atoms. The molecule has 0 radical (unpaired) electrons. The van der Waals surface area contributed by atoms with Crippen molar-refractivity contribution in [3.8, 4) is 11.1 Å². The average molecular weight is 452 g/mol. The topological polar surface area (TPSA) is 75.6 Å². The average Bonchev–Trinajstić information content (AvgIpc) is 2.83. The van der Waals surface area contributed by atoms with Crippen molar-refractivity contribution in [3.63, 3.8) is 0 Å². The molecule has 4 N–H and O–H groups in total. The fraction of sp³-hybridized carbons (Fsp3) is 0.160. The summed E-state index contributed by atoms with van der Waals surface area (Å²) in [4.78, 5) is 14.9. The van der Waals surface area contributed by atoms with Gasteiger partial charge in [-0.2, -0.15) is 13.2 Å². The monoisotopic (exact) mass is 452 g/mol. The molecule has 1 aliphatic heterocycles. The van der Waals surface area contributed by atoms with Gasteiger partial charge in [0.2, 0.25) is 0 Å². The first kappa shape index (κ1) is 22.4. The zero-order valence-corrected chi connectivity index (χ0v) is 17.7. The number of fused-ring (bicyclic) bond motifs is 1. The summed E-state index contributed by atoms with van der Waals surface area (Å²) in [5.74, 6) is 5.86. The van der Waals surface area contributed by atoms with Crippen LogP contribution in [0.1, 0.15) is 16.7 Å². The van der Waals surface area contributed by atoms with Crippen molar-refractivity contribution in [2.75, 3.05) is 11.6 Å². The molecule has 170 valence electrons. The molecule has 1 aliphatic rings. The quantitative estimate of drug-likeness (QED) is 0.349. The van der Waals surface area contributed by atoms with Crippen molar-refractivity contribution in [3.05, 3.63) is 101 Å². The summed E-state index contributed by atoms with van der Waals surface area (Å²) >= 11 is 0. The predicted molar refractivity (Wildman–Crippen MR) is 121 cm³/mol. The smallest absolute Gasteiger partial charge is 0.403 e. The van der Waals surface area contributed by atoms with Gasteiger partial charge in [-0.25, -0.2) is 5.84 Å². The molecule has 3 aromatic rings. The van der Waals surface area contributed by atoms with Gasteiger partial charge < -0.3 is 10.6 Å². The zero-order chi connectivity index (χ0) is 23.6. The second-order valence-electron chi connectivity index (χ2n) is 7.79. The molecule has 3 aromatic carbocycles. The SMILES string of the molecule is N/C=C(/C(=O)N1CCc2ccc(-c3ccc(C(F)(F)F)cc3)cc2C1)N(N)c1ccccc1. The van der Waals surface area contributed by atoms with Gasteiger partial charge in [0.1, 0.15) is 5.70 Å². The van der Waals surface area contributed by atoms with Gasteiger partial charge in [-0.3, -0.25) is 9.80 Å². The number of benzene rings is 3. The van der Waals surface area contributed by atoms with E-state index < -0.39 is 11.7 Å². The second kappa shape index (κ2) is 8.99. The van der Waals surface area contributed by atoms with Crippen LogP contribution >= 0.6 is 0 Å². The molecule has 0 saturated heterocycles. The number of carbonyl (C=O) groups excluding carboxylic acids is 1. The number of rotatable bonds is 4. The summed E-state index contributed by atoms with van der Waals surface area (Å²) in [5, 5.41) is 1.26. The normalized spacial score (nSPS) is 14.1. The van der Waals surface area contributed by atoms with Gasteiger partial charge in [0.15, 0.2) is 0 Å². The van der Waals surface area contributed by atoms with Crippen LogP contribution in [0.4, 0.5) is 18.9 Å². The third-order valence-electron chi connectivity index (χ3n) is 5.72. The highest BCUT2D eigenvalue weighted by atomic mass is 19.4. The predicted octanol–water partition coefficient (Wildman–Crippen LogP) is 4.44. The van der Waals surface area contributed by atoms with E-state index in [1.807, 2.05) is 36.4 Å². The Bertz CT molecular complexity index is 1170. The van der Waals surface area contributed by atoms with Crippen molar-refractivity contribution in [1.82, 2.24) is 4.90 Å². The van der Waals surface area contributed by atoms with Gasteiger partial charge in [-0.15, -0.1) is 0 Å². The Hall–Kier alpha value is -3.78. The largest absolute Gasteiger partial charge is 0.416 e. The van der Waals surface area contributed by atoms with Crippen LogP contribution in [-0.4, -0.2) is 17.4 Å². The van der Waals surface area contributed by atoms with Crippen molar-refractivity contribution in [2.45, 2.75) is 19.1 Å². The van der Waals surface area contributed by atoms with Crippen LogP contribution in [0, 0.1) is 0 Å². The fourth-order valence-corrected chi connectivity index (χ4v) is 3.91. The molecule has 4 rings (SSSR count). The maximum Gasteiger partial charge on any atom is 0.416 e. The van der Waals surface area contributed by atoms with Crippen LogP contribution < -0.4 is 16.6 Å². The third-order valence-corrected chi connectivity index (χ3v) is 5.72. The van der Waals surface area contributed by atoms with Gasteiger partial charge in [0, 0.05) is 19.3 Å². The molecule has 0 aromatic heterocycles. The van der Waals surface area contributed by atoms with E-state index in [9.17, 15) is 18.0 Å². The molecular formula is C25H23F3N4O. The number of hydrogen-bond acceptors (Lipinski definition) is 4. The molecule has 0 aliphatic carbocycles. The number of hydrazine groups is 1. The molecule has 33 heavy (non-hydrogen) atoms. The number of hydrogen-bond donors (Lipinski definition) is 2. The summed E-state index contributed by atoms with van der Waals surface area (Å²) in [6.07, 6.45) is -2.52. The first-order valence-electron chi connectivity index (χ1n) is 10.4. The maximum absolute atomic E-state index is 13.2. The lowest BCUT2D eigenvalue weighted by Crippen LogP contribution is -2.44. The van der Waals surface area contributed by atoms with Crippen molar-refractivity contribution >= 4 is 11.6 Å². The number of nitrogens with two attached hydrogens (primary N) is 2. The summed E-state index contributed by atoms with van der Waals surface area (Å²) in [7, 11) is 0. The lowest BCUT2D eigenvalue weighted by Gasteiger charge is -2.32. The lowest BCUT2D eigenvalue weighted by molar-refractivity contribution is -0.137. The molecule has 1 heterocycles. The minimum atomic E-state index is -4.37. The molecule has 0 unspecified atom stereocenters. The maximum atomic E-state index is 13.2. The number of carbonyl (C=O) groups is 1. The van der Waals surface area contributed by atoms with E-state index in [1.165, 1.54) is 23.3 Å². The van der Waals surface area contributed by atoms with E-state index in [0.29, 0.717) is 30.8 Å². The Morgan fingerprint density at radius 3 is 2.24 bits per heavy atom. The Morgan fingerprint density at radius 2 is 1.61 bits per heavy atom. The number of halogens is 3. The van der Waals surface area contributed by atoms with Gasteiger partial charge in [-0.1, -0.05) is 42.5 Å². The highest BCUT2D eigenvalue weighted by molar-refractivity contribution is 5.96. The molecule has 0 atom stereocenters. The van der Waals surface area contributed by atoms with Crippen LogP contribution in [0.5, 0.6) is 0 Å². The molecular weight excluding hydrogens is 429 g/mol. The first-order valence-corrected chi connectivity index (χ1v) is 10.4. The zero-order valence-electron chi connectivity index (χ0n) is 17.7. The lowest BCUT2D eigenvalue weighted by atomic mass is 9.94. The number of alkyl halides is 3.